The number of esters is 1. The summed E-state index contributed by atoms with van der Waals surface area (Å²) in [5.41, 5.74) is 2.55. The number of carbonyl (C=O) groups is 2. The summed E-state index contributed by atoms with van der Waals surface area (Å²) in [6.07, 6.45) is 2.14. The molecule has 0 bridgehead atoms. The lowest BCUT2D eigenvalue weighted by molar-refractivity contribution is -0.149. The molecule has 1 aromatic heterocycles. The number of halogens is 1. The smallest absolute Gasteiger partial charge is 0.329 e. The Labute approximate surface area is 150 Å². The van der Waals surface area contributed by atoms with Gasteiger partial charge in [0, 0.05) is 30.4 Å². The van der Waals surface area contributed by atoms with Crippen LogP contribution in [0.1, 0.15) is 18.1 Å². The zero-order valence-electron chi connectivity index (χ0n) is 14.3. The minimum absolute atomic E-state index is 0.0169. The zero-order chi connectivity index (χ0) is 18.5. The Balaban J connectivity index is 1.71. The van der Waals surface area contributed by atoms with Crippen molar-refractivity contribution in [2.24, 2.45) is 0 Å². The monoisotopic (exact) mass is 354 g/mol. The topological polar surface area (TPSA) is 71.2 Å². The van der Waals surface area contributed by atoms with Gasteiger partial charge in [-0.3, -0.25) is 4.79 Å². The van der Waals surface area contributed by atoms with Crippen molar-refractivity contribution in [1.29, 1.82) is 0 Å². The summed E-state index contributed by atoms with van der Waals surface area (Å²) >= 11 is 0. The second-order valence-corrected chi connectivity index (χ2v) is 6.05. The third-order valence-corrected chi connectivity index (χ3v) is 4.06. The SMILES string of the molecule is CC(=O)N[C@@H](Cc1c[nH]c2ccccc12)C(=O)OCc1ccc(F)cc1. The highest BCUT2D eigenvalue weighted by Crippen LogP contribution is 2.19. The number of fused-ring (bicyclic) bond motifs is 1. The molecule has 26 heavy (non-hydrogen) atoms. The highest BCUT2D eigenvalue weighted by molar-refractivity contribution is 5.86. The number of carbonyl (C=O) groups excluding carboxylic acids is 2. The average Bonchev–Trinajstić information content (AvgIpc) is 3.03. The summed E-state index contributed by atoms with van der Waals surface area (Å²) in [5.74, 6) is -1.20. The second kappa shape index (κ2) is 7.82. The molecule has 0 radical (unpaired) electrons. The lowest BCUT2D eigenvalue weighted by Gasteiger charge is -2.16. The molecule has 2 aromatic carbocycles. The van der Waals surface area contributed by atoms with Crippen molar-refractivity contribution in [1.82, 2.24) is 10.3 Å². The predicted molar refractivity (Wildman–Crippen MR) is 95.8 cm³/mol. The molecule has 0 unspecified atom stereocenters. The summed E-state index contributed by atoms with van der Waals surface area (Å²) in [7, 11) is 0. The number of amides is 1. The first-order valence-electron chi connectivity index (χ1n) is 8.26. The minimum atomic E-state index is -0.799. The van der Waals surface area contributed by atoms with Crippen molar-refractivity contribution >= 4 is 22.8 Å². The van der Waals surface area contributed by atoms with Crippen LogP contribution in [0, 0.1) is 5.82 Å². The van der Waals surface area contributed by atoms with E-state index >= 15 is 0 Å². The number of benzene rings is 2. The number of aromatic nitrogens is 1. The van der Waals surface area contributed by atoms with Crippen molar-refractivity contribution < 1.29 is 18.7 Å². The van der Waals surface area contributed by atoms with Gasteiger partial charge in [-0.2, -0.15) is 0 Å². The molecular formula is C20H19FN2O3. The molecule has 0 aliphatic rings. The van der Waals surface area contributed by atoms with Crippen molar-refractivity contribution in [2.45, 2.75) is 26.0 Å². The average molecular weight is 354 g/mol. The number of rotatable bonds is 6. The molecule has 1 atom stereocenters. The van der Waals surface area contributed by atoms with Crippen LogP contribution in [-0.4, -0.2) is 22.9 Å². The zero-order valence-corrected chi connectivity index (χ0v) is 14.3. The van der Waals surface area contributed by atoms with Gasteiger partial charge < -0.3 is 15.0 Å². The van der Waals surface area contributed by atoms with Gasteiger partial charge in [0.1, 0.15) is 18.5 Å². The van der Waals surface area contributed by atoms with Crippen LogP contribution >= 0.6 is 0 Å². The van der Waals surface area contributed by atoms with E-state index in [-0.39, 0.29) is 18.3 Å². The van der Waals surface area contributed by atoms with E-state index in [1.165, 1.54) is 19.1 Å². The number of aromatic amines is 1. The summed E-state index contributed by atoms with van der Waals surface area (Å²) in [6.45, 7) is 1.37. The number of hydrogen-bond donors (Lipinski definition) is 2. The Bertz CT molecular complexity index is 918. The highest BCUT2D eigenvalue weighted by Gasteiger charge is 2.23. The third-order valence-electron chi connectivity index (χ3n) is 4.06. The first-order valence-corrected chi connectivity index (χ1v) is 8.26. The normalized spacial score (nSPS) is 11.9. The number of para-hydroxylation sites is 1. The standard InChI is InChI=1S/C20H19FN2O3/c1-13(24)23-19(10-15-11-22-18-5-3-2-4-17(15)18)20(25)26-12-14-6-8-16(21)9-7-14/h2-9,11,19,22H,10,12H2,1H3,(H,23,24)/t19-/m0/s1. The molecule has 134 valence electrons. The van der Waals surface area contributed by atoms with E-state index in [0.717, 1.165) is 16.5 Å². The molecule has 5 nitrogen and oxygen atoms in total. The van der Waals surface area contributed by atoms with E-state index in [0.29, 0.717) is 12.0 Å². The van der Waals surface area contributed by atoms with Gasteiger partial charge in [0.15, 0.2) is 0 Å². The molecule has 0 aliphatic carbocycles. The fourth-order valence-electron chi connectivity index (χ4n) is 2.79. The number of H-pyrrole nitrogens is 1. The molecule has 1 amide bonds. The van der Waals surface area contributed by atoms with E-state index in [1.54, 1.807) is 12.1 Å². The summed E-state index contributed by atoms with van der Waals surface area (Å²) in [4.78, 5) is 27.1. The summed E-state index contributed by atoms with van der Waals surface area (Å²) in [6, 6.07) is 12.7. The van der Waals surface area contributed by atoms with Gasteiger partial charge in [-0.15, -0.1) is 0 Å². The van der Waals surface area contributed by atoms with Crippen molar-refractivity contribution in [2.75, 3.05) is 0 Å². The Morgan fingerprint density at radius 3 is 2.62 bits per heavy atom. The molecule has 0 fully saturated rings. The van der Waals surface area contributed by atoms with Crippen LogP contribution in [0.4, 0.5) is 4.39 Å². The van der Waals surface area contributed by atoms with Crippen molar-refractivity contribution in [3.05, 3.63) is 71.7 Å². The molecule has 0 aliphatic heterocycles. The fourth-order valence-corrected chi connectivity index (χ4v) is 2.79. The Hall–Kier alpha value is -3.15. The van der Waals surface area contributed by atoms with E-state index in [9.17, 15) is 14.0 Å². The number of ether oxygens (including phenoxy) is 1. The Morgan fingerprint density at radius 1 is 1.15 bits per heavy atom. The minimum Gasteiger partial charge on any atom is -0.459 e. The van der Waals surface area contributed by atoms with Gasteiger partial charge >= 0.3 is 5.97 Å². The van der Waals surface area contributed by atoms with Crippen molar-refractivity contribution in [3.63, 3.8) is 0 Å². The number of hydrogen-bond acceptors (Lipinski definition) is 3. The van der Waals surface area contributed by atoms with Crippen LogP contribution in [0.15, 0.2) is 54.7 Å². The van der Waals surface area contributed by atoms with Gasteiger partial charge in [0.25, 0.3) is 0 Å². The van der Waals surface area contributed by atoms with Gasteiger partial charge in [0.2, 0.25) is 5.91 Å². The maximum Gasteiger partial charge on any atom is 0.329 e. The Kier molecular flexibility index (Phi) is 5.31. The van der Waals surface area contributed by atoms with Crippen LogP contribution in [0.2, 0.25) is 0 Å². The first-order chi connectivity index (χ1) is 12.5. The molecule has 0 spiro atoms. The van der Waals surface area contributed by atoms with Gasteiger partial charge in [-0.05, 0) is 29.3 Å². The molecule has 6 heteroatoms. The maximum absolute atomic E-state index is 12.9. The molecule has 0 saturated carbocycles. The van der Waals surface area contributed by atoms with Crippen LogP contribution in [-0.2, 0) is 27.4 Å². The third kappa shape index (κ3) is 4.27. The van der Waals surface area contributed by atoms with E-state index < -0.39 is 12.0 Å². The van der Waals surface area contributed by atoms with E-state index in [2.05, 4.69) is 10.3 Å². The maximum atomic E-state index is 12.9. The van der Waals surface area contributed by atoms with Gasteiger partial charge in [-0.1, -0.05) is 30.3 Å². The summed E-state index contributed by atoms with van der Waals surface area (Å²) in [5, 5.41) is 3.64. The molecule has 3 aromatic rings. The molecular weight excluding hydrogens is 335 g/mol. The molecule has 1 heterocycles. The second-order valence-electron chi connectivity index (χ2n) is 6.05. The predicted octanol–water partition coefficient (Wildman–Crippen LogP) is 3.10. The molecule has 2 N–H and O–H groups in total. The summed E-state index contributed by atoms with van der Waals surface area (Å²) < 4.78 is 18.2. The first kappa shape index (κ1) is 17.7. The largest absolute Gasteiger partial charge is 0.459 e. The Morgan fingerprint density at radius 2 is 1.88 bits per heavy atom. The fraction of sp³-hybridized carbons (Fsp3) is 0.200. The van der Waals surface area contributed by atoms with Crippen LogP contribution in [0.3, 0.4) is 0 Å². The quantitative estimate of drug-likeness (QED) is 0.668. The lowest BCUT2D eigenvalue weighted by Crippen LogP contribution is -2.42. The van der Waals surface area contributed by atoms with E-state index in [1.807, 2.05) is 30.5 Å². The van der Waals surface area contributed by atoms with Crippen LogP contribution in [0.5, 0.6) is 0 Å². The highest BCUT2D eigenvalue weighted by atomic mass is 19.1. The van der Waals surface area contributed by atoms with E-state index in [4.69, 9.17) is 4.74 Å². The van der Waals surface area contributed by atoms with Crippen molar-refractivity contribution in [3.8, 4) is 0 Å². The van der Waals surface area contributed by atoms with Gasteiger partial charge in [-0.25, -0.2) is 9.18 Å². The number of nitrogens with one attached hydrogen (secondary N) is 2. The molecule has 3 rings (SSSR count). The lowest BCUT2D eigenvalue weighted by atomic mass is 10.0. The van der Waals surface area contributed by atoms with Gasteiger partial charge in [0.05, 0.1) is 0 Å². The molecule has 0 saturated heterocycles. The van der Waals surface area contributed by atoms with Crippen LogP contribution < -0.4 is 5.32 Å². The van der Waals surface area contributed by atoms with Crippen LogP contribution in [0.25, 0.3) is 10.9 Å².